The number of anilines is 1. The number of methoxy groups -OCH3 is 2. The summed E-state index contributed by atoms with van der Waals surface area (Å²) in [5.74, 6) is 1.48. The summed E-state index contributed by atoms with van der Waals surface area (Å²) >= 11 is 0. The second-order valence-corrected chi connectivity index (χ2v) is 7.22. The third kappa shape index (κ3) is 6.82. The number of hydrogen-bond acceptors (Lipinski definition) is 4. The lowest BCUT2D eigenvalue weighted by Gasteiger charge is -2.13. The molecule has 0 unspecified atom stereocenters. The summed E-state index contributed by atoms with van der Waals surface area (Å²) in [6.07, 6.45) is 1.90. The largest absolute Gasteiger partial charge is 0.493 e. The predicted octanol–water partition coefficient (Wildman–Crippen LogP) is 4.05. The van der Waals surface area contributed by atoms with Crippen molar-refractivity contribution in [3.05, 3.63) is 53.6 Å². The first kappa shape index (κ1) is 22.3. The molecule has 0 aliphatic carbocycles. The first-order chi connectivity index (χ1) is 13.9. The minimum atomic E-state index is -0.217. The van der Waals surface area contributed by atoms with Gasteiger partial charge in [-0.25, -0.2) is 0 Å². The average Bonchev–Trinajstić information content (AvgIpc) is 2.72. The molecule has 0 spiro atoms. The van der Waals surface area contributed by atoms with E-state index in [9.17, 15) is 9.59 Å². The molecule has 0 fully saturated rings. The molecule has 6 heteroatoms. The molecule has 0 saturated carbocycles. The summed E-state index contributed by atoms with van der Waals surface area (Å²) in [6.45, 7) is 4.62. The lowest BCUT2D eigenvalue weighted by molar-refractivity contribution is -0.116. The van der Waals surface area contributed by atoms with Crippen LogP contribution in [-0.4, -0.2) is 32.6 Å². The maximum atomic E-state index is 12.6. The Balaban J connectivity index is 1.95. The van der Waals surface area contributed by atoms with Crippen molar-refractivity contribution in [3.63, 3.8) is 0 Å². The summed E-state index contributed by atoms with van der Waals surface area (Å²) < 4.78 is 10.5. The van der Waals surface area contributed by atoms with E-state index >= 15 is 0 Å². The number of rotatable bonds is 10. The monoisotopic (exact) mass is 398 g/mol. The summed E-state index contributed by atoms with van der Waals surface area (Å²) in [5.41, 5.74) is 2.01. The van der Waals surface area contributed by atoms with Crippen molar-refractivity contribution in [1.29, 1.82) is 0 Å². The summed E-state index contributed by atoms with van der Waals surface area (Å²) in [4.78, 5) is 24.8. The molecule has 6 nitrogen and oxygen atoms in total. The van der Waals surface area contributed by atoms with Crippen LogP contribution < -0.4 is 20.1 Å². The maximum absolute atomic E-state index is 12.6. The lowest BCUT2D eigenvalue weighted by atomic mass is 10.1. The quantitative estimate of drug-likeness (QED) is 0.633. The van der Waals surface area contributed by atoms with Crippen LogP contribution in [0.2, 0.25) is 0 Å². The molecule has 2 N–H and O–H groups in total. The topological polar surface area (TPSA) is 76.7 Å². The number of nitrogens with one attached hydrogen (secondary N) is 2. The molecule has 0 aromatic heterocycles. The van der Waals surface area contributed by atoms with Crippen LogP contribution in [0.1, 0.15) is 42.6 Å². The third-order valence-electron chi connectivity index (χ3n) is 4.54. The van der Waals surface area contributed by atoms with E-state index in [1.165, 1.54) is 0 Å². The van der Waals surface area contributed by atoms with Crippen molar-refractivity contribution in [1.82, 2.24) is 5.32 Å². The van der Waals surface area contributed by atoms with E-state index in [-0.39, 0.29) is 11.8 Å². The lowest BCUT2D eigenvalue weighted by Crippen LogP contribution is -2.27. The first-order valence-electron chi connectivity index (χ1n) is 9.82. The highest BCUT2D eigenvalue weighted by atomic mass is 16.5. The van der Waals surface area contributed by atoms with Crippen LogP contribution in [0.15, 0.2) is 42.5 Å². The molecule has 29 heavy (non-hydrogen) atoms. The van der Waals surface area contributed by atoms with Gasteiger partial charge in [0, 0.05) is 13.0 Å². The van der Waals surface area contributed by atoms with Crippen molar-refractivity contribution in [3.8, 4) is 11.5 Å². The van der Waals surface area contributed by atoms with Gasteiger partial charge in [-0.3, -0.25) is 9.59 Å². The summed E-state index contributed by atoms with van der Waals surface area (Å²) in [5, 5.41) is 5.77. The van der Waals surface area contributed by atoms with Gasteiger partial charge in [0.05, 0.1) is 25.5 Å². The Kier molecular flexibility index (Phi) is 8.52. The highest BCUT2D eigenvalue weighted by molar-refractivity contribution is 6.03. The van der Waals surface area contributed by atoms with Crippen molar-refractivity contribution >= 4 is 17.5 Å². The fourth-order valence-electron chi connectivity index (χ4n) is 2.87. The van der Waals surface area contributed by atoms with E-state index < -0.39 is 0 Å². The Bertz CT molecular complexity index is 833. The third-order valence-corrected chi connectivity index (χ3v) is 4.54. The minimum Gasteiger partial charge on any atom is -0.493 e. The second kappa shape index (κ2) is 11.1. The Morgan fingerprint density at radius 3 is 2.41 bits per heavy atom. The van der Waals surface area contributed by atoms with Gasteiger partial charge in [0.1, 0.15) is 0 Å². The van der Waals surface area contributed by atoms with Crippen LogP contribution in [0.4, 0.5) is 5.69 Å². The van der Waals surface area contributed by atoms with Gasteiger partial charge in [-0.2, -0.15) is 0 Å². The van der Waals surface area contributed by atoms with Gasteiger partial charge in [-0.15, -0.1) is 0 Å². The van der Waals surface area contributed by atoms with E-state index in [4.69, 9.17) is 9.47 Å². The van der Waals surface area contributed by atoms with Crippen LogP contribution in [0, 0.1) is 5.92 Å². The van der Waals surface area contributed by atoms with Crippen LogP contribution in [0.25, 0.3) is 0 Å². The summed E-state index contributed by atoms with van der Waals surface area (Å²) in [7, 11) is 3.19. The zero-order valence-electron chi connectivity index (χ0n) is 17.6. The molecule has 0 radical (unpaired) electrons. The van der Waals surface area contributed by atoms with E-state index in [2.05, 4.69) is 24.5 Å². The van der Waals surface area contributed by atoms with E-state index in [0.29, 0.717) is 48.1 Å². The summed E-state index contributed by atoms with van der Waals surface area (Å²) in [6, 6.07) is 12.7. The van der Waals surface area contributed by atoms with E-state index in [1.54, 1.807) is 38.5 Å². The van der Waals surface area contributed by atoms with Crippen LogP contribution in [-0.2, 0) is 11.2 Å². The van der Waals surface area contributed by atoms with Gasteiger partial charge >= 0.3 is 0 Å². The standard InChI is InChI=1S/C23H30N2O4/c1-16(2)9-12-22(26)25-19-8-6-5-7-18(19)23(27)24-14-13-17-10-11-20(28-3)21(15-17)29-4/h5-8,10-11,15-16H,9,12-14H2,1-4H3,(H,24,27)(H,25,26). The molecule has 0 aliphatic rings. The molecule has 156 valence electrons. The number of carbonyl (C=O) groups excluding carboxylic acids is 2. The predicted molar refractivity (Wildman–Crippen MR) is 115 cm³/mol. The molecule has 0 atom stereocenters. The molecule has 0 bridgehead atoms. The molecule has 0 heterocycles. The molecular weight excluding hydrogens is 368 g/mol. The zero-order valence-corrected chi connectivity index (χ0v) is 17.6. The van der Waals surface area contributed by atoms with Crippen molar-refractivity contribution in [2.75, 3.05) is 26.1 Å². The Morgan fingerprint density at radius 1 is 1.00 bits per heavy atom. The Hall–Kier alpha value is -3.02. The SMILES string of the molecule is COc1ccc(CCNC(=O)c2ccccc2NC(=O)CCC(C)C)cc1OC. The zero-order chi connectivity index (χ0) is 21.2. The number of carbonyl (C=O) groups is 2. The normalized spacial score (nSPS) is 10.5. The number of ether oxygens (including phenoxy) is 2. The van der Waals surface area contributed by atoms with E-state index in [1.807, 2.05) is 18.2 Å². The van der Waals surface area contributed by atoms with Crippen molar-refractivity contribution in [2.45, 2.75) is 33.1 Å². The van der Waals surface area contributed by atoms with E-state index in [0.717, 1.165) is 12.0 Å². The van der Waals surface area contributed by atoms with Gasteiger partial charge in [0.15, 0.2) is 11.5 Å². The second-order valence-electron chi connectivity index (χ2n) is 7.22. The molecule has 2 aromatic rings. The fourth-order valence-corrected chi connectivity index (χ4v) is 2.87. The van der Waals surface area contributed by atoms with Crippen LogP contribution in [0.5, 0.6) is 11.5 Å². The van der Waals surface area contributed by atoms with Gasteiger partial charge in [-0.05, 0) is 48.6 Å². The Labute approximate surface area is 172 Å². The average molecular weight is 399 g/mol. The van der Waals surface area contributed by atoms with Crippen molar-refractivity contribution < 1.29 is 19.1 Å². The number of amides is 2. The highest BCUT2D eigenvalue weighted by Gasteiger charge is 2.13. The van der Waals surface area contributed by atoms with Crippen LogP contribution in [0.3, 0.4) is 0 Å². The van der Waals surface area contributed by atoms with Crippen molar-refractivity contribution in [2.24, 2.45) is 5.92 Å². The molecule has 2 rings (SSSR count). The molecule has 2 aromatic carbocycles. The molecular formula is C23H30N2O4. The number of hydrogen-bond donors (Lipinski definition) is 2. The first-order valence-corrected chi connectivity index (χ1v) is 9.82. The highest BCUT2D eigenvalue weighted by Crippen LogP contribution is 2.27. The number of benzene rings is 2. The fraction of sp³-hybridized carbons (Fsp3) is 0.391. The molecule has 0 saturated heterocycles. The Morgan fingerprint density at radius 2 is 1.72 bits per heavy atom. The van der Waals surface area contributed by atoms with Gasteiger partial charge < -0.3 is 20.1 Å². The molecule has 0 aliphatic heterocycles. The minimum absolute atomic E-state index is 0.0794. The van der Waals surface area contributed by atoms with Crippen LogP contribution >= 0.6 is 0 Å². The van der Waals surface area contributed by atoms with Gasteiger partial charge in [0.2, 0.25) is 5.91 Å². The van der Waals surface area contributed by atoms with Gasteiger partial charge in [-0.1, -0.05) is 32.0 Å². The van der Waals surface area contributed by atoms with Gasteiger partial charge in [0.25, 0.3) is 5.91 Å². The number of para-hydroxylation sites is 1. The maximum Gasteiger partial charge on any atom is 0.253 e. The molecule has 2 amide bonds. The smallest absolute Gasteiger partial charge is 0.253 e.